The molecule has 0 spiro atoms. The summed E-state index contributed by atoms with van der Waals surface area (Å²) in [6.07, 6.45) is 13.2. The molecule has 0 aromatic rings. The highest BCUT2D eigenvalue weighted by Crippen LogP contribution is 2.65. The minimum Gasteiger partial charge on any atom is -0.393 e. The fraction of sp³-hybridized carbons (Fsp3) is 0.727. The van der Waals surface area contributed by atoms with E-state index in [2.05, 4.69) is 39.5 Å². The lowest BCUT2D eigenvalue weighted by Gasteiger charge is -2.57. The largest absolute Gasteiger partial charge is 0.393 e. The summed E-state index contributed by atoms with van der Waals surface area (Å²) in [5.41, 5.74) is 5.14. The maximum atomic E-state index is 10.1. The molecule has 0 bridgehead atoms. The first kappa shape index (κ1) is 15.7. The summed E-state index contributed by atoms with van der Waals surface area (Å²) in [6, 6.07) is 0. The number of hydrogen-bond donors (Lipinski definition) is 1. The first-order valence-electron chi connectivity index (χ1n) is 9.60. The first-order valence-corrected chi connectivity index (χ1v) is 9.60. The molecule has 4 unspecified atom stereocenters. The summed E-state index contributed by atoms with van der Waals surface area (Å²) in [7, 11) is 0. The average molecular weight is 312 g/mol. The highest BCUT2D eigenvalue weighted by molar-refractivity contribution is 5.39. The third-order valence-corrected chi connectivity index (χ3v) is 8.12. The minimum atomic E-state index is -0.0945. The molecule has 126 valence electrons. The van der Waals surface area contributed by atoms with Crippen LogP contribution in [0.3, 0.4) is 0 Å². The van der Waals surface area contributed by atoms with Gasteiger partial charge in [0.2, 0.25) is 0 Å². The summed E-state index contributed by atoms with van der Waals surface area (Å²) in [6.45, 7) is 11.5. The second-order valence-corrected chi connectivity index (χ2v) is 9.25. The van der Waals surface area contributed by atoms with Crippen LogP contribution in [-0.4, -0.2) is 11.2 Å². The maximum absolute atomic E-state index is 10.1. The molecule has 4 rings (SSSR count). The summed E-state index contributed by atoms with van der Waals surface area (Å²) in [5.74, 6) is 2.45. The van der Waals surface area contributed by atoms with Crippen molar-refractivity contribution in [2.75, 3.05) is 0 Å². The van der Waals surface area contributed by atoms with E-state index in [4.69, 9.17) is 0 Å². The number of fused-ring (bicyclic) bond motifs is 5. The van der Waals surface area contributed by atoms with Gasteiger partial charge >= 0.3 is 0 Å². The SMILES string of the molecule is C=C(C)C1=CCC2C3CC=C4C[C@@H](O)CC[C@]4(C)C3CCC12C. The van der Waals surface area contributed by atoms with Crippen LogP contribution in [0, 0.1) is 28.6 Å². The zero-order valence-corrected chi connectivity index (χ0v) is 15.1. The van der Waals surface area contributed by atoms with E-state index in [0.717, 1.165) is 30.6 Å². The lowest BCUT2D eigenvalue weighted by atomic mass is 9.47. The van der Waals surface area contributed by atoms with E-state index in [0.29, 0.717) is 10.8 Å². The summed E-state index contributed by atoms with van der Waals surface area (Å²) in [4.78, 5) is 0. The molecule has 0 amide bonds. The number of aliphatic hydroxyl groups is 1. The van der Waals surface area contributed by atoms with Gasteiger partial charge in [0.05, 0.1) is 6.10 Å². The zero-order chi connectivity index (χ0) is 16.4. The number of hydrogen-bond acceptors (Lipinski definition) is 1. The molecule has 0 aliphatic heterocycles. The average Bonchev–Trinajstić information content (AvgIpc) is 2.85. The van der Waals surface area contributed by atoms with Crippen molar-refractivity contribution < 1.29 is 5.11 Å². The van der Waals surface area contributed by atoms with Gasteiger partial charge in [0.1, 0.15) is 0 Å². The fourth-order valence-electron chi connectivity index (χ4n) is 6.87. The Bertz CT molecular complexity index is 597. The van der Waals surface area contributed by atoms with Gasteiger partial charge in [-0.2, -0.15) is 0 Å². The smallest absolute Gasteiger partial charge is 0.0577 e. The predicted molar refractivity (Wildman–Crippen MR) is 96.0 cm³/mol. The van der Waals surface area contributed by atoms with Crippen molar-refractivity contribution >= 4 is 0 Å². The normalized spacial score (nSPS) is 48.7. The molecule has 2 saturated carbocycles. The van der Waals surface area contributed by atoms with Crippen LogP contribution in [-0.2, 0) is 0 Å². The molecule has 1 heteroatoms. The summed E-state index contributed by atoms with van der Waals surface area (Å²) >= 11 is 0. The lowest BCUT2D eigenvalue weighted by molar-refractivity contribution is -0.0287. The monoisotopic (exact) mass is 312 g/mol. The fourth-order valence-corrected chi connectivity index (χ4v) is 6.87. The van der Waals surface area contributed by atoms with E-state index in [1.165, 1.54) is 37.7 Å². The Labute approximate surface area is 141 Å². The second kappa shape index (κ2) is 5.09. The van der Waals surface area contributed by atoms with Crippen molar-refractivity contribution in [1.82, 2.24) is 0 Å². The Kier molecular flexibility index (Phi) is 3.47. The highest BCUT2D eigenvalue weighted by Gasteiger charge is 2.56. The van der Waals surface area contributed by atoms with Crippen LogP contribution in [0.1, 0.15) is 65.7 Å². The lowest BCUT2D eigenvalue weighted by Crippen LogP contribution is -2.50. The van der Waals surface area contributed by atoms with Gasteiger partial charge in [0.25, 0.3) is 0 Å². The molecule has 0 aromatic carbocycles. The molecule has 0 radical (unpaired) electrons. The van der Waals surface area contributed by atoms with Crippen LogP contribution in [0.5, 0.6) is 0 Å². The molecular formula is C22H32O. The Morgan fingerprint density at radius 3 is 2.57 bits per heavy atom. The van der Waals surface area contributed by atoms with Gasteiger partial charge in [-0.1, -0.05) is 43.7 Å². The Hall–Kier alpha value is -0.820. The Morgan fingerprint density at radius 2 is 1.83 bits per heavy atom. The van der Waals surface area contributed by atoms with Crippen LogP contribution >= 0.6 is 0 Å². The molecule has 1 N–H and O–H groups in total. The molecule has 4 aliphatic rings. The van der Waals surface area contributed by atoms with Crippen molar-refractivity contribution in [2.24, 2.45) is 28.6 Å². The quantitative estimate of drug-likeness (QED) is 0.641. The topological polar surface area (TPSA) is 20.2 Å². The van der Waals surface area contributed by atoms with Gasteiger partial charge in [-0.05, 0) is 86.0 Å². The number of rotatable bonds is 1. The van der Waals surface area contributed by atoms with Crippen LogP contribution in [0.2, 0.25) is 0 Å². The minimum absolute atomic E-state index is 0.0945. The Morgan fingerprint density at radius 1 is 1.09 bits per heavy atom. The van der Waals surface area contributed by atoms with Crippen LogP contribution < -0.4 is 0 Å². The van der Waals surface area contributed by atoms with Gasteiger partial charge in [-0.15, -0.1) is 0 Å². The first-order chi connectivity index (χ1) is 10.9. The van der Waals surface area contributed by atoms with Crippen molar-refractivity contribution in [3.8, 4) is 0 Å². The van der Waals surface area contributed by atoms with Gasteiger partial charge in [0.15, 0.2) is 0 Å². The molecule has 0 saturated heterocycles. The molecule has 1 nitrogen and oxygen atoms in total. The van der Waals surface area contributed by atoms with Gasteiger partial charge in [-0.25, -0.2) is 0 Å². The molecule has 23 heavy (non-hydrogen) atoms. The third kappa shape index (κ3) is 2.08. The van der Waals surface area contributed by atoms with Crippen LogP contribution in [0.4, 0.5) is 0 Å². The number of aliphatic hydroxyl groups excluding tert-OH is 1. The third-order valence-electron chi connectivity index (χ3n) is 8.12. The summed E-state index contributed by atoms with van der Waals surface area (Å²) in [5, 5.41) is 10.1. The predicted octanol–water partition coefficient (Wildman–Crippen LogP) is 5.42. The van der Waals surface area contributed by atoms with Crippen LogP contribution in [0.15, 0.2) is 35.5 Å². The van der Waals surface area contributed by atoms with E-state index >= 15 is 0 Å². The highest BCUT2D eigenvalue weighted by atomic mass is 16.3. The molecule has 2 fully saturated rings. The van der Waals surface area contributed by atoms with Gasteiger partial charge < -0.3 is 5.11 Å². The van der Waals surface area contributed by atoms with Crippen LogP contribution in [0.25, 0.3) is 0 Å². The zero-order valence-electron chi connectivity index (χ0n) is 15.1. The van der Waals surface area contributed by atoms with E-state index in [-0.39, 0.29) is 6.10 Å². The molecule has 6 atom stereocenters. The van der Waals surface area contributed by atoms with E-state index < -0.39 is 0 Å². The van der Waals surface area contributed by atoms with E-state index in [1.807, 2.05) is 0 Å². The number of allylic oxidation sites excluding steroid dienone is 4. The van der Waals surface area contributed by atoms with Crippen molar-refractivity contribution in [3.05, 3.63) is 35.5 Å². The maximum Gasteiger partial charge on any atom is 0.0577 e. The molecular weight excluding hydrogens is 280 g/mol. The molecule has 4 aliphatic carbocycles. The van der Waals surface area contributed by atoms with Gasteiger partial charge in [0, 0.05) is 0 Å². The van der Waals surface area contributed by atoms with Crippen molar-refractivity contribution in [1.29, 1.82) is 0 Å². The second-order valence-electron chi connectivity index (χ2n) is 9.25. The van der Waals surface area contributed by atoms with E-state index in [9.17, 15) is 5.11 Å². The summed E-state index contributed by atoms with van der Waals surface area (Å²) < 4.78 is 0. The molecule has 0 heterocycles. The van der Waals surface area contributed by atoms with Crippen molar-refractivity contribution in [2.45, 2.75) is 71.8 Å². The standard InChI is InChI=1S/C22H32O/c1-14(2)18-7-8-19-17-6-5-15-13-16(23)9-11-21(15,3)20(17)10-12-22(18,19)4/h5,7,16-17,19-20,23H,1,6,8-13H2,2-4H3/t16-,17?,19?,20?,21-,22?/m0/s1. The van der Waals surface area contributed by atoms with E-state index in [1.54, 1.807) is 11.1 Å². The Balaban J connectivity index is 1.67. The van der Waals surface area contributed by atoms with Gasteiger partial charge in [-0.3, -0.25) is 0 Å². The molecule has 0 aromatic heterocycles. The van der Waals surface area contributed by atoms with Crippen molar-refractivity contribution in [3.63, 3.8) is 0 Å².